The molecule has 2 aliphatic carbocycles. The second-order valence-corrected chi connectivity index (χ2v) is 7.45. The van der Waals surface area contributed by atoms with Crippen molar-refractivity contribution in [2.75, 3.05) is 6.61 Å². The highest BCUT2D eigenvalue weighted by Gasteiger charge is 2.44. The predicted molar refractivity (Wildman–Crippen MR) is 94.6 cm³/mol. The summed E-state index contributed by atoms with van der Waals surface area (Å²) >= 11 is 0. The van der Waals surface area contributed by atoms with Gasteiger partial charge in [0.2, 0.25) is 0 Å². The van der Waals surface area contributed by atoms with E-state index < -0.39 is 5.97 Å². The first kappa shape index (κ1) is 16.6. The Balaban J connectivity index is 1.66. The van der Waals surface area contributed by atoms with Crippen LogP contribution in [0.3, 0.4) is 0 Å². The van der Waals surface area contributed by atoms with Crippen molar-refractivity contribution in [3.05, 3.63) is 41.5 Å². The number of benzene rings is 1. The van der Waals surface area contributed by atoms with Gasteiger partial charge in [0.25, 0.3) is 0 Å². The molecule has 1 saturated heterocycles. The molecule has 4 heteroatoms. The summed E-state index contributed by atoms with van der Waals surface area (Å²) in [6, 6.07) is 7.79. The molecule has 4 atom stereocenters. The van der Waals surface area contributed by atoms with Crippen molar-refractivity contribution >= 4 is 5.97 Å². The molecule has 1 saturated carbocycles. The molecular weight excluding hydrogens is 316 g/mol. The molecule has 1 heterocycles. The summed E-state index contributed by atoms with van der Waals surface area (Å²) in [5.74, 6) is 0.684. The highest BCUT2D eigenvalue weighted by Crippen LogP contribution is 2.52. The average Bonchev–Trinajstić information content (AvgIpc) is 2.66. The minimum Gasteiger partial charge on any atom is -0.482 e. The normalized spacial score (nSPS) is 31.4. The zero-order chi connectivity index (χ0) is 17.2. The van der Waals surface area contributed by atoms with Gasteiger partial charge in [-0.05, 0) is 38.2 Å². The van der Waals surface area contributed by atoms with Gasteiger partial charge in [-0.2, -0.15) is 0 Å². The summed E-state index contributed by atoms with van der Waals surface area (Å²) < 4.78 is 12.2. The van der Waals surface area contributed by atoms with Gasteiger partial charge in [0, 0.05) is 17.4 Å². The standard InChI is InChI=1S/C21H26O4/c22-20(23)13-24-18-11-5-4-10-17(18)21-16-9-2-1-7-14(16)15-8-3-6-12-19(15)25-21/h4-5,7,10-11,15-16,19,21H,1-3,6,8-9,12-13H2,(H,22,23)/t15-,16+,19-,21+/m0/s1. The smallest absolute Gasteiger partial charge is 0.341 e. The Morgan fingerprint density at radius 1 is 1.12 bits per heavy atom. The summed E-state index contributed by atoms with van der Waals surface area (Å²) in [7, 11) is 0. The van der Waals surface area contributed by atoms with E-state index in [-0.39, 0.29) is 12.7 Å². The number of ether oxygens (including phenoxy) is 2. The van der Waals surface area contributed by atoms with Crippen LogP contribution in [0.2, 0.25) is 0 Å². The first-order valence-electron chi connectivity index (χ1n) is 9.53. The largest absolute Gasteiger partial charge is 0.482 e. The number of hydrogen-bond donors (Lipinski definition) is 1. The maximum atomic E-state index is 10.9. The maximum Gasteiger partial charge on any atom is 0.341 e. The van der Waals surface area contributed by atoms with Crippen LogP contribution in [0.5, 0.6) is 5.75 Å². The molecule has 0 spiro atoms. The molecule has 0 amide bonds. The molecule has 2 fully saturated rings. The number of carboxylic acids is 1. The van der Waals surface area contributed by atoms with Gasteiger partial charge in [0.05, 0.1) is 12.2 Å². The number of allylic oxidation sites excluding steroid dienone is 1. The summed E-state index contributed by atoms with van der Waals surface area (Å²) in [6.07, 6.45) is 11.2. The Morgan fingerprint density at radius 2 is 1.92 bits per heavy atom. The van der Waals surface area contributed by atoms with E-state index in [4.69, 9.17) is 14.6 Å². The van der Waals surface area contributed by atoms with Gasteiger partial charge < -0.3 is 14.6 Å². The van der Waals surface area contributed by atoms with E-state index in [1.807, 2.05) is 24.3 Å². The van der Waals surface area contributed by atoms with E-state index in [0.717, 1.165) is 18.4 Å². The molecule has 134 valence electrons. The minimum atomic E-state index is -0.954. The van der Waals surface area contributed by atoms with Crippen LogP contribution in [0.15, 0.2) is 35.9 Å². The minimum absolute atomic E-state index is 0.0177. The third-order valence-electron chi connectivity index (χ3n) is 5.92. The number of carboxylic acid groups (broad SMARTS) is 1. The fourth-order valence-electron chi connectivity index (χ4n) is 4.88. The number of para-hydroxylation sites is 1. The fraction of sp³-hybridized carbons (Fsp3) is 0.571. The van der Waals surface area contributed by atoms with Crippen molar-refractivity contribution in [3.8, 4) is 5.75 Å². The van der Waals surface area contributed by atoms with Gasteiger partial charge >= 0.3 is 5.97 Å². The lowest BCUT2D eigenvalue weighted by atomic mass is 9.68. The third-order valence-corrected chi connectivity index (χ3v) is 5.92. The Kier molecular flexibility index (Phi) is 4.80. The molecule has 1 N–H and O–H groups in total. The van der Waals surface area contributed by atoms with Crippen LogP contribution >= 0.6 is 0 Å². The summed E-state index contributed by atoms with van der Waals surface area (Å²) in [6.45, 7) is -0.316. The third kappa shape index (κ3) is 3.32. The van der Waals surface area contributed by atoms with Crippen LogP contribution < -0.4 is 4.74 Å². The molecule has 1 aromatic carbocycles. The monoisotopic (exact) mass is 342 g/mol. The highest BCUT2D eigenvalue weighted by molar-refractivity contribution is 5.68. The molecule has 0 radical (unpaired) electrons. The zero-order valence-electron chi connectivity index (χ0n) is 14.5. The molecule has 0 aromatic heterocycles. The van der Waals surface area contributed by atoms with Crippen molar-refractivity contribution in [2.45, 2.75) is 57.2 Å². The lowest BCUT2D eigenvalue weighted by molar-refractivity contribution is -0.139. The Hall–Kier alpha value is -1.81. The molecule has 1 aliphatic heterocycles. The highest BCUT2D eigenvalue weighted by atomic mass is 16.5. The number of carbonyl (C=O) groups is 1. The van der Waals surface area contributed by atoms with E-state index in [1.54, 1.807) is 5.57 Å². The quantitative estimate of drug-likeness (QED) is 0.818. The summed E-state index contributed by atoms with van der Waals surface area (Å²) in [4.78, 5) is 10.9. The average molecular weight is 342 g/mol. The van der Waals surface area contributed by atoms with Gasteiger partial charge in [-0.3, -0.25) is 0 Å². The van der Waals surface area contributed by atoms with Crippen LogP contribution in [0, 0.1) is 11.8 Å². The van der Waals surface area contributed by atoms with E-state index in [0.29, 0.717) is 23.7 Å². The Morgan fingerprint density at radius 3 is 2.80 bits per heavy atom. The molecule has 25 heavy (non-hydrogen) atoms. The number of rotatable bonds is 4. The van der Waals surface area contributed by atoms with Crippen LogP contribution in [0.1, 0.15) is 56.6 Å². The van der Waals surface area contributed by atoms with Crippen molar-refractivity contribution in [1.82, 2.24) is 0 Å². The van der Waals surface area contributed by atoms with Crippen molar-refractivity contribution < 1.29 is 19.4 Å². The van der Waals surface area contributed by atoms with E-state index >= 15 is 0 Å². The number of aliphatic carboxylic acids is 1. The molecular formula is C21H26O4. The van der Waals surface area contributed by atoms with Gasteiger partial charge in [-0.1, -0.05) is 42.7 Å². The van der Waals surface area contributed by atoms with Crippen LogP contribution in [-0.2, 0) is 9.53 Å². The lowest BCUT2D eigenvalue weighted by Crippen LogP contribution is -2.41. The molecule has 4 nitrogen and oxygen atoms in total. The van der Waals surface area contributed by atoms with Gasteiger partial charge in [-0.25, -0.2) is 4.79 Å². The number of hydrogen-bond acceptors (Lipinski definition) is 3. The second kappa shape index (κ2) is 7.20. The van der Waals surface area contributed by atoms with Crippen molar-refractivity contribution in [2.24, 2.45) is 11.8 Å². The topological polar surface area (TPSA) is 55.8 Å². The first-order valence-corrected chi connectivity index (χ1v) is 9.53. The Labute approximate surface area is 148 Å². The second-order valence-electron chi connectivity index (χ2n) is 7.45. The fourth-order valence-corrected chi connectivity index (χ4v) is 4.88. The van der Waals surface area contributed by atoms with Gasteiger partial charge in [0.1, 0.15) is 5.75 Å². The molecule has 3 aliphatic rings. The number of fused-ring (bicyclic) bond motifs is 3. The summed E-state index contributed by atoms with van der Waals surface area (Å²) in [5.41, 5.74) is 2.60. The van der Waals surface area contributed by atoms with E-state index in [9.17, 15) is 4.79 Å². The van der Waals surface area contributed by atoms with Crippen molar-refractivity contribution in [1.29, 1.82) is 0 Å². The van der Waals surface area contributed by atoms with Crippen LogP contribution in [0.25, 0.3) is 0 Å². The molecule has 4 rings (SSSR count). The molecule has 0 bridgehead atoms. The molecule has 1 aromatic rings. The van der Waals surface area contributed by atoms with Crippen LogP contribution in [0.4, 0.5) is 0 Å². The van der Waals surface area contributed by atoms with E-state index in [2.05, 4.69) is 6.08 Å². The molecule has 0 unspecified atom stereocenters. The predicted octanol–water partition coefficient (Wildman–Crippen LogP) is 4.51. The zero-order valence-corrected chi connectivity index (χ0v) is 14.5. The Bertz CT molecular complexity index is 666. The lowest BCUT2D eigenvalue weighted by Gasteiger charge is -2.47. The van der Waals surface area contributed by atoms with Gasteiger partial charge in [-0.15, -0.1) is 0 Å². The van der Waals surface area contributed by atoms with Gasteiger partial charge in [0.15, 0.2) is 6.61 Å². The van der Waals surface area contributed by atoms with E-state index in [1.165, 1.54) is 32.1 Å². The SMILES string of the molecule is O=C(O)COc1ccccc1[C@@H]1O[C@H]2CCCC[C@H]2C2=CCCC[C@H]21. The summed E-state index contributed by atoms with van der Waals surface area (Å²) in [5, 5.41) is 8.95. The maximum absolute atomic E-state index is 10.9. The first-order chi connectivity index (χ1) is 12.2. The van der Waals surface area contributed by atoms with Crippen LogP contribution in [-0.4, -0.2) is 23.8 Å². The van der Waals surface area contributed by atoms with Crippen molar-refractivity contribution in [3.63, 3.8) is 0 Å².